The molecule has 0 aromatic heterocycles. The van der Waals surface area contributed by atoms with E-state index in [1.165, 1.54) is 12.1 Å². The van der Waals surface area contributed by atoms with Crippen LogP contribution in [0.15, 0.2) is 54.6 Å². The number of benzene rings is 2. The monoisotopic (exact) mass is 573 g/mol. The van der Waals surface area contributed by atoms with Crippen molar-refractivity contribution < 1.29 is 32.6 Å². The molecule has 0 fully saturated rings. The molecule has 2 rings (SSSR count). The minimum atomic E-state index is -4.09. The summed E-state index contributed by atoms with van der Waals surface area (Å²) in [4.78, 5) is 39.2. The molecule has 2 aromatic carbocycles. The molecule has 0 spiro atoms. The molecule has 0 aliphatic rings. The number of nitrogens with zero attached hydrogens (tertiary/aromatic N) is 1. The summed E-state index contributed by atoms with van der Waals surface area (Å²) in [6, 6.07) is 14.6. The van der Waals surface area contributed by atoms with Gasteiger partial charge in [0, 0.05) is 49.6 Å². The molecule has 0 aliphatic heterocycles. The van der Waals surface area contributed by atoms with Gasteiger partial charge in [-0.05, 0) is 29.8 Å². The van der Waals surface area contributed by atoms with Crippen LogP contribution in [0.3, 0.4) is 0 Å². The van der Waals surface area contributed by atoms with Gasteiger partial charge in [-0.1, -0.05) is 30.3 Å². The second-order valence-electron chi connectivity index (χ2n) is 8.35. The minimum Gasteiger partial charge on any atom is -0.479 e. The summed E-state index contributed by atoms with van der Waals surface area (Å²) in [5.74, 6) is -1.92. The van der Waals surface area contributed by atoms with Gasteiger partial charge in [-0.2, -0.15) is 0 Å². The molecule has 2 atom stereocenters. The van der Waals surface area contributed by atoms with E-state index in [0.29, 0.717) is 30.4 Å². The average Bonchev–Trinajstić information content (AvgIpc) is 2.82. The summed E-state index contributed by atoms with van der Waals surface area (Å²) >= 11 is 11.7. The number of alkyl halides is 2. The maximum Gasteiger partial charge on any atom is 0.413 e. The zero-order chi connectivity index (χ0) is 27.6. The number of carboxylic acid groups (broad SMARTS) is 1. The van der Waals surface area contributed by atoms with Gasteiger partial charge in [0.25, 0.3) is 0 Å². The Balaban J connectivity index is 2.34. The van der Waals surface area contributed by atoms with Crippen LogP contribution >= 0.6 is 23.2 Å². The molecule has 13 heteroatoms. The molecular formula is C24H29Cl2N3O7S. The van der Waals surface area contributed by atoms with Crippen molar-refractivity contribution >= 4 is 56.7 Å². The quantitative estimate of drug-likeness (QED) is 0.291. The lowest BCUT2D eigenvalue weighted by Crippen LogP contribution is -2.60. The zero-order valence-corrected chi connectivity index (χ0v) is 22.4. The first-order chi connectivity index (χ1) is 17.4. The molecule has 10 nitrogen and oxygen atoms in total. The number of sulfone groups is 1. The fourth-order valence-electron chi connectivity index (χ4n) is 3.73. The molecule has 2 amide bonds. The SMILES string of the molecule is CS(=O)(=O)C(C[C@](Cc1ccccc1)(NC(=O)Oc1ccc(N(CCCl)CCCl)cc1)C(=O)O)C(N)=O. The number of carboxylic acids is 1. The van der Waals surface area contributed by atoms with Crippen LogP contribution in [0, 0.1) is 0 Å². The number of nitrogens with one attached hydrogen (secondary N) is 1. The molecule has 202 valence electrons. The predicted octanol–water partition coefficient (Wildman–Crippen LogP) is 2.41. The molecule has 0 saturated carbocycles. The lowest BCUT2D eigenvalue weighted by Gasteiger charge is -2.32. The number of carbonyl (C=O) groups excluding carboxylic acids is 2. The van der Waals surface area contributed by atoms with Crippen molar-refractivity contribution in [3.8, 4) is 5.75 Å². The number of nitrogens with two attached hydrogens (primary N) is 1. The van der Waals surface area contributed by atoms with Crippen molar-refractivity contribution in [3.05, 3.63) is 60.2 Å². The Morgan fingerprint density at radius 2 is 1.62 bits per heavy atom. The normalized spacial score (nSPS) is 13.7. The molecule has 37 heavy (non-hydrogen) atoms. The van der Waals surface area contributed by atoms with Gasteiger partial charge in [-0.15, -0.1) is 23.2 Å². The second kappa shape index (κ2) is 13.5. The highest BCUT2D eigenvalue weighted by molar-refractivity contribution is 7.92. The van der Waals surface area contributed by atoms with Crippen molar-refractivity contribution in [3.63, 3.8) is 0 Å². The largest absolute Gasteiger partial charge is 0.479 e. The number of hydrogen-bond donors (Lipinski definition) is 3. The second-order valence-corrected chi connectivity index (χ2v) is 11.3. The maximum atomic E-state index is 12.8. The van der Waals surface area contributed by atoms with Crippen molar-refractivity contribution in [2.75, 3.05) is 36.0 Å². The number of carbonyl (C=O) groups is 3. The maximum absolute atomic E-state index is 12.8. The molecule has 0 aliphatic carbocycles. The van der Waals surface area contributed by atoms with Crippen LogP contribution < -0.4 is 20.7 Å². The van der Waals surface area contributed by atoms with E-state index in [9.17, 15) is 27.9 Å². The number of rotatable bonds is 14. The van der Waals surface area contributed by atoms with E-state index in [1.807, 2.05) is 4.90 Å². The standard InChI is InChI=1S/C24H29Cl2N3O7S/c1-37(34,35)20(21(27)30)16-24(22(31)32,15-17-5-3-2-4-6-17)28-23(33)36-19-9-7-18(8-10-19)29(13-11-25)14-12-26/h2-10,20H,11-16H2,1H3,(H2,27,30)(H,28,33)(H,31,32)/t20?,24-/m0/s1. The number of primary amides is 1. The Morgan fingerprint density at radius 1 is 1.05 bits per heavy atom. The first-order valence-corrected chi connectivity index (χ1v) is 14.2. The molecule has 0 radical (unpaired) electrons. The molecule has 0 heterocycles. The van der Waals surface area contributed by atoms with Crippen molar-refractivity contribution in [1.29, 1.82) is 0 Å². The number of aliphatic carboxylic acids is 1. The fourth-order valence-corrected chi connectivity index (χ4v) is 5.15. The van der Waals surface area contributed by atoms with Gasteiger partial charge in [0.2, 0.25) is 5.91 Å². The van der Waals surface area contributed by atoms with Crippen LogP contribution in [0.4, 0.5) is 10.5 Å². The van der Waals surface area contributed by atoms with Crippen LogP contribution in [-0.4, -0.2) is 73.4 Å². The first kappa shape index (κ1) is 30.2. The minimum absolute atomic E-state index is 0.103. The molecule has 4 N–H and O–H groups in total. The van der Waals surface area contributed by atoms with Crippen LogP contribution in [0.25, 0.3) is 0 Å². The summed E-state index contributed by atoms with van der Waals surface area (Å²) in [7, 11) is -4.09. The molecule has 2 aromatic rings. The lowest BCUT2D eigenvalue weighted by atomic mass is 9.86. The molecular weight excluding hydrogens is 545 g/mol. The number of amides is 2. The zero-order valence-electron chi connectivity index (χ0n) is 20.1. The van der Waals surface area contributed by atoms with Gasteiger partial charge in [0.05, 0.1) is 0 Å². The number of ether oxygens (including phenoxy) is 1. The number of anilines is 1. The van der Waals surface area contributed by atoms with Crippen LogP contribution in [-0.2, 0) is 25.8 Å². The lowest BCUT2D eigenvalue weighted by molar-refractivity contribution is -0.145. The van der Waals surface area contributed by atoms with E-state index in [4.69, 9.17) is 33.7 Å². The van der Waals surface area contributed by atoms with Crippen molar-refractivity contribution in [2.45, 2.75) is 23.6 Å². The Kier molecular flexibility index (Phi) is 11.0. The molecule has 0 saturated heterocycles. The van der Waals surface area contributed by atoms with E-state index in [2.05, 4.69) is 5.32 Å². The van der Waals surface area contributed by atoms with Gasteiger partial charge >= 0.3 is 12.1 Å². The van der Waals surface area contributed by atoms with E-state index < -0.39 is 45.0 Å². The highest BCUT2D eigenvalue weighted by Crippen LogP contribution is 2.25. The van der Waals surface area contributed by atoms with Gasteiger partial charge in [-0.3, -0.25) is 4.79 Å². The average molecular weight is 574 g/mol. The van der Waals surface area contributed by atoms with Gasteiger partial charge in [0.15, 0.2) is 9.84 Å². The number of hydrogen-bond acceptors (Lipinski definition) is 7. The third kappa shape index (κ3) is 8.80. The highest BCUT2D eigenvalue weighted by Gasteiger charge is 2.46. The summed E-state index contributed by atoms with van der Waals surface area (Å²) in [5, 5.41) is 10.6. The summed E-state index contributed by atoms with van der Waals surface area (Å²) < 4.78 is 29.7. The Hall–Kier alpha value is -3.02. The fraction of sp³-hybridized carbons (Fsp3) is 0.375. The first-order valence-electron chi connectivity index (χ1n) is 11.1. The van der Waals surface area contributed by atoms with Crippen LogP contribution in [0.2, 0.25) is 0 Å². The topological polar surface area (TPSA) is 156 Å². The molecule has 1 unspecified atom stereocenters. The van der Waals surface area contributed by atoms with Crippen molar-refractivity contribution in [2.24, 2.45) is 5.73 Å². The summed E-state index contributed by atoms with van der Waals surface area (Å²) in [6.07, 6.45) is -1.51. The van der Waals surface area contributed by atoms with Gasteiger partial charge in [0.1, 0.15) is 16.5 Å². The Labute approximate surface area is 225 Å². The predicted molar refractivity (Wildman–Crippen MR) is 142 cm³/mol. The molecule has 0 bridgehead atoms. The Morgan fingerprint density at radius 3 is 2.08 bits per heavy atom. The third-order valence-electron chi connectivity index (χ3n) is 5.59. The van der Waals surface area contributed by atoms with Gasteiger partial charge in [-0.25, -0.2) is 18.0 Å². The van der Waals surface area contributed by atoms with E-state index in [1.54, 1.807) is 42.5 Å². The van der Waals surface area contributed by atoms with Crippen LogP contribution in [0.5, 0.6) is 5.75 Å². The Bertz CT molecular complexity index is 1170. The smallest absolute Gasteiger partial charge is 0.413 e. The van der Waals surface area contributed by atoms with E-state index in [-0.39, 0.29) is 12.2 Å². The van der Waals surface area contributed by atoms with Crippen molar-refractivity contribution in [1.82, 2.24) is 5.32 Å². The highest BCUT2D eigenvalue weighted by atomic mass is 35.5. The summed E-state index contributed by atoms with van der Waals surface area (Å²) in [5.41, 5.74) is 4.32. The summed E-state index contributed by atoms with van der Waals surface area (Å²) in [6.45, 7) is 1.11. The van der Waals surface area contributed by atoms with E-state index in [0.717, 1.165) is 11.9 Å². The van der Waals surface area contributed by atoms with E-state index >= 15 is 0 Å². The van der Waals surface area contributed by atoms with Gasteiger partial charge < -0.3 is 25.8 Å². The third-order valence-corrected chi connectivity index (χ3v) is 7.36. The van der Waals surface area contributed by atoms with Crippen LogP contribution in [0.1, 0.15) is 12.0 Å². The number of halogens is 2.